The molecule has 0 bridgehead atoms. The van der Waals surface area contributed by atoms with E-state index < -0.39 is 5.25 Å². The number of anilines is 1. The molecule has 150 valence electrons. The third-order valence-electron chi connectivity index (χ3n) is 4.96. The summed E-state index contributed by atoms with van der Waals surface area (Å²) < 4.78 is 13.0. The maximum Gasteiger partial charge on any atom is 0.242 e. The summed E-state index contributed by atoms with van der Waals surface area (Å²) >= 11 is 1.35. The number of hydrogen-bond acceptors (Lipinski definition) is 4. The molecule has 1 heterocycles. The molecule has 2 aromatic rings. The van der Waals surface area contributed by atoms with Gasteiger partial charge in [-0.3, -0.25) is 14.5 Å². The van der Waals surface area contributed by atoms with E-state index in [4.69, 9.17) is 4.99 Å². The summed E-state index contributed by atoms with van der Waals surface area (Å²) in [6.45, 7) is 4.01. The number of aryl methyl sites for hydroxylation is 2. The molecule has 4 rings (SSSR count). The molecule has 1 saturated carbocycles. The first-order valence-corrected chi connectivity index (χ1v) is 10.5. The molecule has 7 heteroatoms. The van der Waals surface area contributed by atoms with Crippen LogP contribution in [0, 0.1) is 19.7 Å². The van der Waals surface area contributed by atoms with Crippen molar-refractivity contribution in [2.75, 3.05) is 5.32 Å². The van der Waals surface area contributed by atoms with E-state index in [-0.39, 0.29) is 30.1 Å². The van der Waals surface area contributed by atoms with Crippen LogP contribution in [0.3, 0.4) is 0 Å². The van der Waals surface area contributed by atoms with Crippen molar-refractivity contribution in [1.82, 2.24) is 4.90 Å². The Morgan fingerprint density at radius 1 is 1.21 bits per heavy atom. The van der Waals surface area contributed by atoms with Gasteiger partial charge in [-0.1, -0.05) is 23.9 Å². The molecule has 2 aromatic carbocycles. The van der Waals surface area contributed by atoms with Crippen molar-refractivity contribution in [3.8, 4) is 0 Å². The van der Waals surface area contributed by atoms with Crippen LogP contribution in [0.15, 0.2) is 47.5 Å². The number of amides is 2. The second kappa shape index (κ2) is 7.99. The second-order valence-electron chi connectivity index (χ2n) is 7.49. The van der Waals surface area contributed by atoms with E-state index in [9.17, 15) is 14.0 Å². The van der Waals surface area contributed by atoms with Crippen LogP contribution in [0.1, 0.15) is 30.4 Å². The van der Waals surface area contributed by atoms with Crippen LogP contribution in [0.2, 0.25) is 0 Å². The molecule has 1 atom stereocenters. The van der Waals surface area contributed by atoms with Gasteiger partial charge in [0.05, 0.1) is 5.69 Å². The lowest BCUT2D eigenvalue weighted by Crippen LogP contribution is -2.35. The number of amidine groups is 1. The van der Waals surface area contributed by atoms with E-state index in [2.05, 4.69) is 5.32 Å². The molecule has 0 radical (unpaired) electrons. The largest absolute Gasteiger partial charge is 0.326 e. The van der Waals surface area contributed by atoms with Gasteiger partial charge in [0.25, 0.3) is 0 Å². The number of nitrogens with zero attached hydrogens (tertiary/aromatic N) is 2. The first kappa shape index (κ1) is 19.6. The molecule has 5 nitrogen and oxygen atoms in total. The predicted octanol–water partition coefficient (Wildman–Crippen LogP) is 4.57. The quantitative estimate of drug-likeness (QED) is 0.784. The molecule has 2 amide bonds. The molecule has 0 spiro atoms. The van der Waals surface area contributed by atoms with Crippen molar-refractivity contribution in [3.63, 3.8) is 0 Å². The van der Waals surface area contributed by atoms with Gasteiger partial charge in [-0.2, -0.15) is 0 Å². The summed E-state index contributed by atoms with van der Waals surface area (Å²) in [6, 6.07) is 11.8. The number of halogens is 1. The van der Waals surface area contributed by atoms with Gasteiger partial charge in [-0.25, -0.2) is 9.38 Å². The van der Waals surface area contributed by atoms with Crippen molar-refractivity contribution in [2.45, 2.75) is 44.4 Å². The van der Waals surface area contributed by atoms with Gasteiger partial charge < -0.3 is 5.32 Å². The summed E-state index contributed by atoms with van der Waals surface area (Å²) in [6.07, 6.45) is 1.98. The van der Waals surface area contributed by atoms with Crippen LogP contribution in [0.4, 0.5) is 15.8 Å². The predicted molar refractivity (Wildman–Crippen MR) is 114 cm³/mol. The highest BCUT2D eigenvalue weighted by Gasteiger charge is 2.46. The lowest BCUT2D eigenvalue weighted by atomic mass is 10.1. The Labute approximate surface area is 173 Å². The average molecular weight is 412 g/mol. The first-order valence-electron chi connectivity index (χ1n) is 9.62. The van der Waals surface area contributed by atoms with Crippen LogP contribution in [0.5, 0.6) is 0 Å². The number of aliphatic imine (C=N–C) groups is 1. The molecular formula is C22H22FN3O2S. The molecular weight excluding hydrogens is 389 g/mol. The molecule has 1 aliphatic heterocycles. The summed E-state index contributed by atoms with van der Waals surface area (Å²) in [5.74, 6) is -0.695. The number of benzene rings is 2. The van der Waals surface area contributed by atoms with Gasteiger partial charge >= 0.3 is 0 Å². The van der Waals surface area contributed by atoms with Crippen molar-refractivity contribution in [2.24, 2.45) is 4.99 Å². The van der Waals surface area contributed by atoms with Crippen molar-refractivity contribution in [1.29, 1.82) is 0 Å². The summed E-state index contributed by atoms with van der Waals surface area (Å²) in [5.41, 5.74) is 3.51. The Balaban J connectivity index is 1.51. The Morgan fingerprint density at radius 2 is 1.93 bits per heavy atom. The van der Waals surface area contributed by atoms with E-state index in [0.717, 1.165) is 29.7 Å². The first-order chi connectivity index (χ1) is 13.9. The number of carbonyl (C=O) groups excluding carboxylic acids is 2. The van der Waals surface area contributed by atoms with E-state index in [1.165, 1.54) is 36.0 Å². The smallest absolute Gasteiger partial charge is 0.242 e. The van der Waals surface area contributed by atoms with Crippen molar-refractivity contribution < 1.29 is 14.0 Å². The van der Waals surface area contributed by atoms with Crippen LogP contribution in [0.25, 0.3) is 0 Å². The number of hydrogen-bond donors (Lipinski definition) is 1. The molecule has 0 unspecified atom stereocenters. The van der Waals surface area contributed by atoms with Gasteiger partial charge in [0.1, 0.15) is 11.1 Å². The van der Waals surface area contributed by atoms with Crippen molar-refractivity contribution in [3.05, 3.63) is 59.4 Å². The minimum absolute atomic E-state index is 0.0515. The van der Waals surface area contributed by atoms with Crippen LogP contribution in [-0.2, 0) is 9.59 Å². The van der Waals surface area contributed by atoms with Crippen molar-refractivity contribution >= 4 is 40.1 Å². The third kappa shape index (κ3) is 4.50. The minimum Gasteiger partial charge on any atom is -0.326 e. The fourth-order valence-electron chi connectivity index (χ4n) is 3.22. The zero-order valence-electron chi connectivity index (χ0n) is 16.3. The fraction of sp³-hybridized carbons (Fsp3) is 0.318. The number of rotatable bonds is 5. The zero-order valence-corrected chi connectivity index (χ0v) is 17.1. The average Bonchev–Trinajstić information content (AvgIpc) is 3.46. The standard InChI is InChI=1S/C22H22FN3O2S/c1-13-3-4-14(2)18(11-13)25-22-26(17-9-10-17)21(28)19(29-22)12-20(27)24-16-7-5-15(23)6-8-16/h3-8,11,17,19H,9-10,12H2,1-2H3,(H,24,27)/t19-/m1/s1. The molecule has 0 aromatic heterocycles. The molecule has 2 fully saturated rings. The Kier molecular flexibility index (Phi) is 5.41. The number of nitrogens with one attached hydrogen (secondary N) is 1. The Morgan fingerprint density at radius 3 is 2.62 bits per heavy atom. The van der Waals surface area contributed by atoms with Crippen LogP contribution < -0.4 is 5.32 Å². The lowest BCUT2D eigenvalue weighted by molar-refractivity contribution is -0.128. The van der Waals surface area contributed by atoms with Crippen LogP contribution >= 0.6 is 11.8 Å². The zero-order chi connectivity index (χ0) is 20.5. The van der Waals surface area contributed by atoms with Gasteiger partial charge in [0.15, 0.2) is 5.17 Å². The SMILES string of the molecule is Cc1ccc(C)c(N=C2S[C@H](CC(=O)Nc3ccc(F)cc3)C(=O)N2C2CC2)c1. The summed E-state index contributed by atoms with van der Waals surface area (Å²) in [7, 11) is 0. The highest BCUT2D eigenvalue weighted by atomic mass is 32.2. The highest BCUT2D eigenvalue weighted by molar-refractivity contribution is 8.15. The molecule has 29 heavy (non-hydrogen) atoms. The number of carbonyl (C=O) groups is 2. The van der Waals surface area contributed by atoms with E-state index in [0.29, 0.717) is 10.9 Å². The highest BCUT2D eigenvalue weighted by Crippen LogP contribution is 2.40. The fourth-order valence-corrected chi connectivity index (χ4v) is 4.43. The summed E-state index contributed by atoms with van der Waals surface area (Å²) in [4.78, 5) is 31.9. The van der Waals surface area contributed by atoms with E-state index in [1.54, 1.807) is 4.90 Å². The Hall–Kier alpha value is -2.67. The number of thioether (sulfide) groups is 1. The van der Waals surface area contributed by atoms with Gasteiger partial charge in [0, 0.05) is 18.2 Å². The maximum atomic E-state index is 13.0. The molecule has 2 aliphatic rings. The third-order valence-corrected chi connectivity index (χ3v) is 6.11. The normalized spacial score (nSPS) is 20.4. The Bertz CT molecular complexity index is 986. The van der Waals surface area contributed by atoms with Gasteiger partial charge in [-0.15, -0.1) is 0 Å². The molecule has 1 saturated heterocycles. The van der Waals surface area contributed by atoms with E-state index in [1.807, 2.05) is 32.0 Å². The topological polar surface area (TPSA) is 61.8 Å². The van der Waals surface area contributed by atoms with Gasteiger partial charge in [0.2, 0.25) is 11.8 Å². The maximum absolute atomic E-state index is 13.0. The minimum atomic E-state index is -0.500. The molecule has 1 aliphatic carbocycles. The monoisotopic (exact) mass is 411 g/mol. The lowest BCUT2D eigenvalue weighted by Gasteiger charge is -2.15. The second-order valence-corrected chi connectivity index (χ2v) is 8.66. The summed E-state index contributed by atoms with van der Waals surface area (Å²) in [5, 5.41) is 2.90. The van der Waals surface area contributed by atoms with Crippen LogP contribution in [-0.4, -0.2) is 33.2 Å². The van der Waals surface area contributed by atoms with E-state index >= 15 is 0 Å². The molecule has 1 N–H and O–H groups in total. The van der Waals surface area contributed by atoms with Gasteiger partial charge in [-0.05, 0) is 68.1 Å².